The number of rotatable bonds is 5. The van der Waals surface area contributed by atoms with Gasteiger partial charge in [-0.05, 0) is 25.7 Å². The van der Waals surface area contributed by atoms with Gasteiger partial charge in [-0.2, -0.15) is 17.4 Å². The predicted molar refractivity (Wildman–Crippen MR) is 65.3 cm³/mol. The minimum atomic E-state index is -3.25. The van der Waals surface area contributed by atoms with Crippen LogP contribution in [-0.4, -0.2) is 37.2 Å². The molecule has 1 N–H and O–H groups in total. The van der Waals surface area contributed by atoms with Crippen LogP contribution < -0.4 is 4.72 Å². The summed E-state index contributed by atoms with van der Waals surface area (Å²) < 4.78 is 28.0. The third kappa shape index (κ3) is 3.69. The largest absolute Gasteiger partial charge is 0.279 e. The summed E-state index contributed by atoms with van der Waals surface area (Å²) in [5, 5.41) is 0.802. The fourth-order valence-electron chi connectivity index (χ4n) is 1.49. The second kappa shape index (κ2) is 5.61. The number of hydrogen-bond donors (Lipinski definition) is 1. The highest BCUT2D eigenvalue weighted by Gasteiger charge is 2.27. The van der Waals surface area contributed by atoms with Gasteiger partial charge in [-0.3, -0.25) is 0 Å². The number of hydrogen-bond acceptors (Lipinski definition) is 2. The van der Waals surface area contributed by atoms with Crippen molar-refractivity contribution in [2.24, 2.45) is 5.92 Å². The van der Waals surface area contributed by atoms with Crippen LogP contribution >= 0.6 is 15.9 Å². The number of nitrogens with zero attached hydrogens (tertiary/aromatic N) is 1. The summed E-state index contributed by atoms with van der Waals surface area (Å²) in [6, 6.07) is -0.0324. The average molecular weight is 299 g/mol. The van der Waals surface area contributed by atoms with Crippen molar-refractivity contribution < 1.29 is 8.42 Å². The third-order valence-corrected chi connectivity index (χ3v) is 5.57. The molecule has 0 spiro atoms. The summed E-state index contributed by atoms with van der Waals surface area (Å²) in [5.41, 5.74) is 0. The van der Waals surface area contributed by atoms with Crippen molar-refractivity contribution in [2.45, 2.75) is 32.7 Å². The Morgan fingerprint density at radius 3 is 2.33 bits per heavy atom. The highest BCUT2D eigenvalue weighted by atomic mass is 79.9. The van der Waals surface area contributed by atoms with Crippen molar-refractivity contribution in [1.82, 2.24) is 9.03 Å². The first kappa shape index (κ1) is 13.4. The molecule has 0 amide bonds. The van der Waals surface area contributed by atoms with Gasteiger partial charge in [-0.15, -0.1) is 0 Å². The molecule has 0 radical (unpaired) electrons. The maximum atomic E-state index is 11.9. The first-order valence-corrected chi connectivity index (χ1v) is 7.87. The fourth-order valence-corrected chi connectivity index (χ4v) is 3.64. The summed E-state index contributed by atoms with van der Waals surface area (Å²) in [5.74, 6) is 0.294. The zero-order valence-corrected chi connectivity index (χ0v) is 11.6. The van der Waals surface area contributed by atoms with Crippen LogP contribution in [0.1, 0.15) is 26.7 Å². The Bertz CT molecular complexity index is 288. The van der Waals surface area contributed by atoms with E-state index in [4.69, 9.17) is 0 Å². The topological polar surface area (TPSA) is 49.4 Å². The van der Waals surface area contributed by atoms with Gasteiger partial charge in [0.25, 0.3) is 10.2 Å². The molecule has 1 aliphatic heterocycles. The van der Waals surface area contributed by atoms with Crippen LogP contribution in [0.25, 0.3) is 0 Å². The zero-order chi connectivity index (χ0) is 11.5. The lowest BCUT2D eigenvalue weighted by atomic mass is 10.1. The standard InChI is InChI=1S/C9H19BrN2O2S/c1-8(7-10)9(2)11-15(13,14)12-5-3-4-6-12/h8-9,11H,3-7H2,1-2H3. The van der Waals surface area contributed by atoms with E-state index in [1.54, 1.807) is 0 Å². The van der Waals surface area contributed by atoms with Crippen molar-refractivity contribution in [3.63, 3.8) is 0 Å². The number of halogens is 1. The second-order valence-corrected chi connectivity index (χ2v) is 6.50. The fraction of sp³-hybridized carbons (Fsp3) is 1.00. The molecule has 0 aromatic heterocycles. The molecule has 1 rings (SSSR count). The smallest absolute Gasteiger partial charge is 0.199 e. The van der Waals surface area contributed by atoms with Gasteiger partial charge in [0.15, 0.2) is 0 Å². The molecule has 4 nitrogen and oxygen atoms in total. The van der Waals surface area contributed by atoms with Gasteiger partial charge in [0.05, 0.1) is 0 Å². The van der Waals surface area contributed by atoms with E-state index in [1.165, 1.54) is 4.31 Å². The summed E-state index contributed by atoms with van der Waals surface area (Å²) in [6.45, 7) is 5.24. The van der Waals surface area contributed by atoms with E-state index >= 15 is 0 Å². The lowest BCUT2D eigenvalue weighted by Gasteiger charge is -2.23. The van der Waals surface area contributed by atoms with Crippen LogP contribution in [0.3, 0.4) is 0 Å². The summed E-state index contributed by atoms with van der Waals surface area (Å²) in [4.78, 5) is 0. The molecule has 1 heterocycles. The van der Waals surface area contributed by atoms with Crippen LogP contribution in [0.15, 0.2) is 0 Å². The molecule has 0 bridgehead atoms. The molecule has 0 aromatic carbocycles. The molecule has 0 saturated carbocycles. The Morgan fingerprint density at radius 2 is 1.87 bits per heavy atom. The predicted octanol–water partition coefficient (Wildman–Crippen LogP) is 1.34. The molecule has 6 heteroatoms. The van der Waals surface area contributed by atoms with E-state index in [0.29, 0.717) is 19.0 Å². The summed E-state index contributed by atoms with van der Waals surface area (Å²) in [6.07, 6.45) is 1.95. The maximum absolute atomic E-state index is 11.9. The van der Waals surface area contributed by atoms with Crippen LogP contribution in [0.2, 0.25) is 0 Å². The zero-order valence-electron chi connectivity index (χ0n) is 9.24. The van der Waals surface area contributed by atoms with E-state index in [1.807, 2.05) is 13.8 Å². The molecule has 2 atom stereocenters. The van der Waals surface area contributed by atoms with Gasteiger partial charge >= 0.3 is 0 Å². The second-order valence-electron chi connectivity index (χ2n) is 4.15. The molecule has 90 valence electrons. The van der Waals surface area contributed by atoms with Crippen LogP contribution in [-0.2, 0) is 10.2 Å². The normalized spacial score (nSPS) is 22.9. The van der Waals surface area contributed by atoms with Gasteiger partial charge in [0, 0.05) is 24.5 Å². The molecule has 0 aliphatic carbocycles. The minimum absolute atomic E-state index is 0.0324. The third-order valence-electron chi connectivity index (χ3n) is 2.84. The van der Waals surface area contributed by atoms with Crippen molar-refractivity contribution in [2.75, 3.05) is 18.4 Å². The molecule has 1 saturated heterocycles. The van der Waals surface area contributed by atoms with Crippen LogP contribution in [0.5, 0.6) is 0 Å². The van der Waals surface area contributed by atoms with Gasteiger partial charge in [0.1, 0.15) is 0 Å². The van der Waals surface area contributed by atoms with Crippen LogP contribution in [0.4, 0.5) is 0 Å². The highest BCUT2D eigenvalue weighted by molar-refractivity contribution is 9.09. The van der Waals surface area contributed by atoms with E-state index < -0.39 is 10.2 Å². The number of nitrogens with one attached hydrogen (secondary N) is 1. The Hall–Kier alpha value is 0.350. The van der Waals surface area contributed by atoms with Crippen LogP contribution in [0, 0.1) is 5.92 Å². The van der Waals surface area contributed by atoms with Gasteiger partial charge in [-0.1, -0.05) is 22.9 Å². The first-order valence-electron chi connectivity index (χ1n) is 5.30. The van der Waals surface area contributed by atoms with E-state index in [-0.39, 0.29) is 6.04 Å². The Kier molecular flexibility index (Phi) is 5.02. The van der Waals surface area contributed by atoms with Crippen molar-refractivity contribution in [1.29, 1.82) is 0 Å². The molecule has 2 unspecified atom stereocenters. The summed E-state index contributed by atoms with van der Waals surface area (Å²) >= 11 is 3.36. The average Bonchev–Trinajstić information content (AvgIpc) is 2.69. The molecule has 15 heavy (non-hydrogen) atoms. The monoisotopic (exact) mass is 298 g/mol. The highest BCUT2D eigenvalue weighted by Crippen LogP contribution is 2.14. The summed E-state index contributed by atoms with van der Waals surface area (Å²) in [7, 11) is -3.25. The van der Waals surface area contributed by atoms with E-state index in [9.17, 15) is 8.42 Å². The van der Waals surface area contributed by atoms with Crippen molar-refractivity contribution >= 4 is 26.1 Å². The SMILES string of the molecule is CC(CBr)C(C)NS(=O)(=O)N1CCCC1. The lowest BCUT2D eigenvalue weighted by molar-refractivity contribution is 0.430. The van der Waals surface area contributed by atoms with E-state index in [0.717, 1.165) is 18.2 Å². The first-order chi connectivity index (χ1) is 6.97. The molecular weight excluding hydrogens is 280 g/mol. The number of alkyl halides is 1. The molecular formula is C9H19BrN2O2S. The Balaban J connectivity index is 2.55. The van der Waals surface area contributed by atoms with Gasteiger partial charge < -0.3 is 0 Å². The van der Waals surface area contributed by atoms with E-state index in [2.05, 4.69) is 20.7 Å². The Labute approximate surface area is 101 Å². The van der Waals surface area contributed by atoms with Crippen molar-refractivity contribution in [3.05, 3.63) is 0 Å². The minimum Gasteiger partial charge on any atom is -0.199 e. The maximum Gasteiger partial charge on any atom is 0.279 e. The van der Waals surface area contributed by atoms with Gasteiger partial charge in [0.2, 0.25) is 0 Å². The molecule has 0 aromatic rings. The molecule has 1 fully saturated rings. The Morgan fingerprint density at radius 1 is 1.33 bits per heavy atom. The van der Waals surface area contributed by atoms with Gasteiger partial charge in [-0.25, -0.2) is 0 Å². The van der Waals surface area contributed by atoms with Crippen molar-refractivity contribution in [3.8, 4) is 0 Å². The lowest BCUT2D eigenvalue weighted by Crippen LogP contribution is -2.45. The quantitative estimate of drug-likeness (QED) is 0.779. The molecule has 1 aliphatic rings.